The van der Waals surface area contributed by atoms with Gasteiger partial charge in [-0.1, -0.05) is 36.8 Å². The highest BCUT2D eigenvalue weighted by molar-refractivity contribution is 7.89. The summed E-state index contributed by atoms with van der Waals surface area (Å²) in [6.07, 6.45) is 5.82. The molecular formula is C24H28N4O5S. The first-order valence-corrected chi connectivity index (χ1v) is 12.7. The quantitative estimate of drug-likeness (QED) is 0.405. The Hall–Kier alpha value is -3.37. The molecule has 0 fully saturated rings. The molecule has 0 unspecified atom stereocenters. The molecule has 34 heavy (non-hydrogen) atoms. The molecule has 1 aliphatic heterocycles. The number of ether oxygens (including phenoxy) is 2. The van der Waals surface area contributed by atoms with Crippen molar-refractivity contribution in [2.24, 2.45) is 0 Å². The second-order valence-corrected chi connectivity index (χ2v) is 9.74. The van der Waals surface area contributed by atoms with E-state index in [9.17, 15) is 13.2 Å². The highest BCUT2D eigenvalue weighted by atomic mass is 32.2. The summed E-state index contributed by atoms with van der Waals surface area (Å²) in [7, 11) is -3.63. The third-order valence-electron chi connectivity index (χ3n) is 5.30. The average Bonchev–Trinajstić information content (AvgIpc) is 3.28. The van der Waals surface area contributed by atoms with E-state index in [1.807, 2.05) is 30.3 Å². The van der Waals surface area contributed by atoms with Crippen molar-refractivity contribution >= 4 is 21.6 Å². The van der Waals surface area contributed by atoms with Gasteiger partial charge in [0.05, 0.1) is 23.3 Å². The van der Waals surface area contributed by atoms with Crippen molar-refractivity contribution in [3.8, 4) is 11.5 Å². The fourth-order valence-corrected chi connectivity index (χ4v) is 4.67. The van der Waals surface area contributed by atoms with Gasteiger partial charge in [-0.3, -0.25) is 9.48 Å². The summed E-state index contributed by atoms with van der Waals surface area (Å²) in [5, 5.41) is 7.13. The van der Waals surface area contributed by atoms with Crippen LogP contribution >= 0.6 is 0 Å². The van der Waals surface area contributed by atoms with Crippen LogP contribution in [-0.2, 0) is 21.4 Å². The number of aromatic nitrogens is 2. The van der Waals surface area contributed by atoms with E-state index in [-0.39, 0.29) is 10.8 Å². The maximum atomic E-state index is 12.5. The number of fused-ring (bicyclic) bond motifs is 1. The van der Waals surface area contributed by atoms with E-state index in [4.69, 9.17) is 9.47 Å². The van der Waals surface area contributed by atoms with E-state index in [1.165, 1.54) is 12.1 Å². The number of unbranched alkanes of at least 4 members (excludes halogenated alkanes) is 2. The molecule has 3 aromatic rings. The largest absolute Gasteiger partial charge is 0.486 e. The molecule has 0 saturated carbocycles. The molecule has 0 atom stereocenters. The summed E-state index contributed by atoms with van der Waals surface area (Å²) in [4.78, 5) is 12.3. The van der Waals surface area contributed by atoms with Crippen molar-refractivity contribution in [3.63, 3.8) is 0 Å². The fraction of sp³-hybridized carbons (Fsp3) is 0.333. The summed E-state index contributed by atoms with van der Waals surface area (Å²) in [5.41, 5.74) is 1.79. The summed E-state index contributed by atoms with van der Waals surface area (Å²) in [5.74, 6) is 0.897. The number of hydrogen-bond donors (Lipinski definition) is 2. The predicted molar refractivity (Wildman–Crippen MR) is 127 cm³/mol. The average molecular weight is 485 g/mol. The number of nitrogens with zero attached hydrogens (tertiary/aromatic N) is 2. The highest BCUT2D eigenvalue weighted by Crippen LogP contribution is 2.32. The van der Waals surface area contributed by atoms with Crippen LogP contribution in [-0.4, -0.2) is 43.9 Å². The van der Waals surface area contributed by atoms with Gasteiger partial charge in [0.25, 0.3) is 0 Å². The molecule has 2 heterocycles. The molecule has 0 saturated heterocycles. The highest BCUT2D eigenvalue weighted by Gasteiger charge is 2.19. The van der Waals surface area contributed by atoms with Gasteiger partial charge in [-0.05, 0) is 30.5 Å². The number of sulfonamides is 1. The Morgan fingerprint density at radius 2 is 1.79 bits per heavy atom. The fourth-order valence-electron chi connectivity index (χ4n) is 3.58. The molecule has 0 spiro atoms. The lowest BCUT2D eigenvalue weighted by atomic mass is 10.2. The minimum atomic E-state index is -3.63. The molecule has 0 radical (unpaired) electrons. The van der Waals surface area contributed by atoms with Crippen LogP contribution in [0.3, 0.4) is 0 Å². The van der Waals surface area contributed by atoms with Gasteiger partial charge in [-0.2, -0.15) is 5.10 Å². The van der Waals surface area contributed by atoms with Gasteiger partial charge in [0.1, 0.15) is 13.2 Å². The van der Waals surface area contributed by atoms with Crippen molar-refractivity contribution < 1.29 is 22.7 Å². The first kappa shape index (κ1) is 23.8. The minimum absolute atomic E-state index is 0.0869. The van der Waals surface area contributed by atoms with Crippen LogP contribution in [0.1, 0.15) is 31.2 Å². The van der Waals surface area contributed by atoms with Crippen molar-refractivity contribution in [3.05, 3.63) is 66.5 Å². The molecule has 4 rings (SSSR count). The molecule has 2 N–H and O–H groups in total. The predicted octanol–water partition coefficient (Wildman–Crippen LogP) is 3.18. The van der Waals surface area contributed by atoms with Gasteiger partial charge in [0.2, 0.25) is 15.9 Å². The molecule has 180 valence electrons. The first-order chi connectivity index (χ1) is 16.5. The van der Waals surface area contributed by atoms with E-state index < -0.39 is 10.0 Å². The van der Waals surface area contributed by atoms with E-state index in [1.54, 1.807) is 23.1 Å². The summed E-state index contributed by atoms with van der Waals surface area (Å²) in [6, 6.07) is 14.5. The number of benzene rings is 2. The molecule has 2 aromatic carbocycles. The lowest BCUT2D eigenvalue weighted by molar-refractivity contribution is -0.116. The van der Waals surface area contributed by atoms with Gasteiger partial charge >= 0.3 is 0 Å². The third kappa shape index (κ3) is 6.58. The Kier molecular flexibility index (Phi) is 7.81. The number of anilines is 1. The summed E-state index contributed by atoms with van der Waals surface area (Å²) in [6.45, 7) is 1.78. The number of nitrogens with one attached hydrogen (secondary N) is 2. The Balaban J connectivity index is 1.14. The maximum Gasteiger partial charge on any atom is 0.240 e. The van der Waals surface area contributed by atoms with Crippen LogP contribution in [0.25, 0.3) is 0 Å². The zero-order valence-corrected chi connectivity index (χ0v) is 19.6. The minimum Gasteiger partial charge on any atom is -0.486 e. The van der Waals surface area contributed by atoms with Crippen LogP contribution in [0, 0.1) is 0 Å². The lowest BCUT2D eigenvalue weighted by Gasteiger charge is -2.18. The Morgan fingerprint density at radius 3 is 2.62 bits per heavy atom. The molecule has 9 nitrogen and oxygen atoms in total. The van der Waals surface area contributed by atoms with E-state index in [0.29, 0.717) is 62.8 Å². The molecule has 0 aliphatic carbocycles. The van der Waals surface area contributed by atoms with Crippen LogP contribution in [0.5, 0.6) is 11.5 Å². The zero-order valence-electron chi connectivity index (χ0n) is 18.8. The SMILES string of the molecule is O=C(CCCCCNS(=O)(=O)c1ccc2c(c1)OCCO2)Nc1cnn(Cc2ccccc2)c1. The topological polar surface area (TPSA) is 112 Å². The van der Waals surface area contributed by atoms with Crippen LogP contribution in [0.4, 0.5) is 5.69 Å². The molecular weight excluding hydrogens is 456 g/mol. The first-order valence-electron chi connectivity index (χ1n) is 11.3. The molecule has 0 bridgehead atoms. The third-order valence-corrected chi connectivity index (χ3v) is 6.76. The second kappa shape index (κ2) is 11.2. The Labute approximate surface area is 199 Å². The normalized spacial score (nSPS) is 12.9. The van der Waals surface area contributed by atoms with Crippen LogP contribution in [0.2, 0.25) is 0 Å². The number of carbonyl (C=O) groups is 1. The standard InChI is InChI=1S/C24H28N4O5S/c29-24(27-20-16-25-28(18-20)17-19-7-3-1-4-8-19)9-5-2-6-12-26-34(30,31)21-10-11-22-23(15-21)33-14-13-32-22/h1,3-4,7-8,10-11,15-16,18,26H,2,5-6,9,12-14,17H2,(H,27,29). The van der Waals surface area contributed by atoms with Gasteiger partial charge in [-0.15, -0.1) is 0 Å². The zero-order chi connectivity index (χ0) is 23.8. The number of rotatable bonds is 11. The Morgan fingerprint density at radius 1 is 1.00 bits per heavy atom. The monoisotopic (exact) mass is 484 g/mol. The van der Waals surface area contributed by atoms with E-state index in [0.717, 1.165) is 12.0 Å². The number of hydrogen-bond acceptors (Lipinski definition) is 6. The molecule has 1 aromatic heterocycles. The van der Waals surface area contributed by atoms with Crippen LogP contribution in [0.15, 0.2) is 65.8 Å². The van der Waals surface area contributed by atoms with Gasteiger partial charge in [0, 0.05) is 25.2 Å². The van der Waals surface area contributed by atoms with Crippen molar-refractivity contribution in [1.82, 2.24) is 14.5 Å². The van der Waals surface area contributed by atoms with Gasteiger partial charge < -0.3 is 14.8 Å². The molecule has 10 heteroatoms. The summed E-state index contributed by atoms with van der Waals surface area (Å²) >= 11 is 0. The van der Waals surface area contributed by atoms with Crippen molar-refractivity contribution in [2.75, 3.05) is 25.1 Å². The number of amides is 1. The van der Waals surface area contributed by atoms with Gasteiger partial charge in [0.15, 0.2) is 11.5 Å². The van der Waals surface area contributed by atoms with Crippen molar-refractivity contribution in [1.29, 1.82) is 0 Å². The smallest absolute Gasteiger partial charge is 0.240 e. The van der Waals surface area contributed by atoms with Crippen molar-refractivity contribution in [2.45, 2.75) is 37.1 Å². The van der Waals surface area contributed by atoms with E-state index >= 15 is 0 Å². The van der Waals surface area contributed by atoms with E-state index in [2.05, 4.69) is 15.1 Å². The Bertz CT molecular complexity index is 1210. The maximum absolute atomic E-state index is 12.5. The second-order valence-electron chi connectivity index (χ2n) is 7.97. The summed E-state index contributed by atoms with van der Waals surface area (Å²) < 4.78 is 40.2. The lowest BCUT2D eigenvalue weighted by Crippen LogP contribution is -2.25. The molecule has 1 amide bonds. The van der Waals surface area contributed by atoms with Gasteiger partial charge in [-0.25, -0.2) is 13.1 Å². The number of carbonyl (C=O) groups excluding carboxylic acids is 1. The molecule has 1 aliphatic rings. The van der Waals surface area contributed by atoms with Crippen LogP contribution < -0.4 is 19.5 Å².